The summed E-state index contributed by atoms with van der Waals surface area (Å²) >= 11 is 1.11. The molecule has 102 valence electrons. The summed E-state index contributed by atoms with van der Waals surface area (Å²) in [5.74, 6) is -1.36. The molecule has 0 N–H and O–H groups in total. The van der Waals surface area contributed by atoms with Gasteiger partial charge in [0.2, 0.25) is 0 Å². The van der Waals surface area contributed by atoms with Crippen molar-refractivity contribution in [1.29, 1.82) is 0 Å². The molecule has 0 unspecified atom stereocenters. The molecule has 1 aliphatic rings. The van der Waals surface area contributed by atoms with E-state index < -0.39 is 17.1 Å². The topological polar surface area (TPSA) is 65.0 Å². The van der Waals surface area contributed by atoms with Crippen LogP contribution in [0.5, 0.6) is 0 Å². The fourth-order valence-corrected chi connectivity index (χ4v) is 2.77. The van der Waals surface area contributed by atoms with Gasteiger partial charge < -0.3 is 9.47 Å². The minimum absolute atomic E-state index is 0.300. The molecule has 1 rings (SSSR count). The first-order valence-electron chi connectivity index (χ1n) is 6.21. The summed E-state index contributed by atoms with van der Waals surface area (Å²) in [4.78, 5) is 23.7. The maximum atomic E-state index is 11.9. The molecule has 0 saturated heterocycles. The van der Waals surface area contributed by atoms with Gasteiger partial charge in [-0.1, -0.05) is 13.3 Å². The van der Waals surface area contributed by atoms with E-state index in [-0.39, 0.29) is 5.97 Å². The maximum absolute atomic E-state index is 11.9. The Morgan fingerprint density at radius 2 is 1.78 bits per heavy atom. The van der Waals surface area contributed by atoms with Crippen molar-refractivity contribution in [2.24, 2.45) is 10.3 Å². The molecule has 0 bridgehead atoms. The van der Waals surface area contributed by atoms with Gasteiger partial charge in [-0.3, -0.25) is 9.59 Å². The molecule has 18 heavy (non-hydrogen) atoms. The van der Waals surface area contributed by atoms with Gasteiger partial charge in [0, 0.05) is 5.71 Å². The van der Waals surface area contributed by atoms with Crippen molar-refractivity contribution in [3.05, 3.63) is 0 Å². The van der Waals surface area contributed by atoms with Crippen LogP contribution in [0.1, 0.15) is 33.6 Å². The largest absolute Gasteiger partial charge is 0.465 e. The fraction of sp³-hybridized carbons (Fsp3) is 0.750. The van der Waals surface area contributed by atoms with Gasteiger partial charge in [0.1, 0.15) is 11.2 Å². The van der Waals surface area contributed by atoms with Crippen LogP contribution >= 0.6 is 11.9 Å². The van der Waals surface area contributed by atoms with Crippen molar-refractivity contribution in [2.45, 2.75) is 38.9 Å². The SMILES string of the molecule is CCCC1=NS[C@@H](C(=O)OCC)[C@@H]1C(=O)OCC. The average Bonchev–Trinajstić information content (AvgIpc) is 2.74. The van der Waals surface area contributed by atoms with Crippen molar-refractivity contribution >= 4 is 29.6 Å². The lowest BCUT2D eigenvalue weighted by Gasteiger charge is -2.17. The van der Waals surface area contributed by atoms with E-state index in [4.69, 9.17) is 9.47 Å². The quantitative estimate of drug-likeness (QED) is 0.547. The predicted octanol–water partition coefficient (Wildman–Crippen LogP) is 2.00. The van der Waals surface area contributed by atoms with Crippen LogP contribution in [0.4, 0.5) is 0 Å². The zero-order chi connectivity index (χ0) is 13.5. The smallest absolute Gasteiger partial charge is 0.322 e. The zero-order valence-corrected chi connectivity index (χ0v) is 11.8. The molecule has 1 aliphatic heterocycles. The van der Waals surface area contributed by atoms with E-state index >= 15 is 0 Å². The molecule has 1 heterocycles. The average molecular weight is 273 g/mol. The molecule has 0 saturated carbocycles. The van der Waals surface area contributed by atoms with Gasteiger partial charge in [-0.25, -0.2) is 4.40 Å². The molecular weight excluding hydrogens is 254 g/mol. The van der Waals surface area contributed by atoms with E-state index in [2.05, 4.69) is 4.40 Å². The summed E-state index contributed by atoms with van der Waals surface area (Å²) in [5, 5.41) is -0.592. The zero-order valence-electron chi connectivity index (χ0n) is 11.0. The monoisotopic (exact) mass is 273 g/mol. The summed E-state index contributed by atoms with van der Waals surface area (Å²) in [5.41, 5.74) is 0.735. The van der Waals surface area contributed by atoms with Crippen molar-refractivity contribution in [3.63, 3.8) is 0 Å². The Bertz CT molecular complexity index is 343. The Labute approximate surface area is 111 Å². The molecule has 0 aromatic heterocycles. The van der Waals surface area contributed by atoms with Gasteiger partial charge in [0.15, 0.2) is 0 Å². The van der Waals surface area contributed by atoms with E-state index in [0.717, 1.165) is 24.1 Å². The Morgan fingerprint density at radius 1 is 1.17 bits per heavy atom. The first kappa shape index (κ1) is 15.0. The number of hydrogen-bond donors (Lipinski definition) is 0. The van der Waals surface area contributed by atoms with Crippen LogP contribution in [-0.2, 0) is 19.1 Å². The Kier molecular flexibility index (Phi) is 6.18. The summed E-state index contributed by atoms with van der Waals surface area (Å²) < 4.78 is 14.2. The molecule has 2 atom stereocenters. The summed E-state index contributed by atoms with van der Waals surface area (Å²) in [7, 11) is 0. The Morgan fingerprint density at radius 3 is 2.33 bits per heavy atom. The second kappa shape index (κ2) is 7.41. The van der Waals surface area contributed by atoms with Crippen molar-refractivity contribution < 1.29 is 19.1 Å². The Balaban J connectivity index is 2.80. The van der Waals surface area contributed by atoms with Gasteiger partial charge >= 0.3 is 11.9 Å². The lowest BCUT2D eigenvalue weighted by molar-refractivity contribution is -0.151. The molecule has 5 nitrogen and oxygen atoms in total. The van der Waals surface area contributed by atoms with Gasteiger partial charge in [0.25, 0.3) is 0 Å². The molecule has 0 radical (unpaired) electrons. The van der Waals surface area contributed by atoms with Crippen molar-refractivity contribution in [3.8, 4) is 0 Å². The van der Waals surface area contributed by atoms with E-state index in [0.29, 0.717) is 19.6 Å². The van der Waals surface area contributed by atoms with Crippen molar-refractivity contribution in [2.75, 3.05) is 13.2 Å². The highest BCUT2D eigenvalue weighted by Crippen LogP contribution is 2.34. The number of esters is 2. The molecule has 6 heteroatoms. The van der Waals surface area contributed by atoms with E-state index in [1.807, 2.05) is 6.92 Å². The highest BCUT2D eigenvalue weighted by Gasteiger charge is 2.44. The molecule has 0 aliphatic carbocycles. The third-order valence-electron chi connectivity index (χ3n) is 2.51. The standard InChI is InChI=1S/C12H19NO4S/c1-4-7-8-9(11(14)16-5-2)10(18-13-8)12(15)17-6-3/h9-10H,4-7H2,1-3H3/t9-,10-/m1/s1. The lowest BCUT2D eigenvalue weighted by atomic mass is 9.96. The van der Waals surface area contributed by atoms with Crippen LogP contribution < -0.4 is 0 Å². The van der Waals surface area contributed by atoms with E-state index in [1.165, 1.54) is 0 Å². The van der Waals surface area contributed by atoms with Crippen LogP contribution in [0.3, 0.4) is 0 Å². The molecule has 0 amide bonds. The van der Waals surface area contributed by atoms with Crippen LogP contribution in [0, 0.1) is 5.92 Å². The van der Waals surface area contributed by atoms with Crippen LogP contribution in [0.15, 0.2) is 4.40 Å². The number of nitrogens with zero attached hydrogens (tertiary/aromatic N) is 1. The number of hydrogen-bond acceptors (Lipinski definition) is 6. The van der Waals surface area contributed by atoms with Gasteiger partial charge in [-0.05, 0) is 32.2 Å². The molecule has 0 fully saturated rings. The minimum atomic E-state index is -0.592. The number of carbonyl (C=O) groups is 2. The van der Waals surface area contributed by atoms with E-state index in [9.17, 15) is 9.59 Å². The third-order valence-corrected chi connectivity index (χ3v) is 3.54. The lowest BCUT2D eigenvalue weighted by Crippen LogP contribution is -2.36. The fourth-order valence-electron chi connectivity index (χ4n) is 1.77. The van der Waals surface area contributed by atoms with Crippen LogP contribution in [-0.4, -0.2) is 36.1 Å². The van der Waals surface area contributed by atoms with Gasteiger partial charge in [-0.15, -0.1) is 0 Å². The first-order valence-corrected chi connectivity index (χ1v) is 7.05. The summed E-state index contributed by atoms with van der Waals surface area (Å²) in [6.45, 7) is 6.09. The summed E-state index contributed by atoms with van der Waals surface area (Å²) in [6.07, 6.45) is 1.58. The second-order valence-electron chi connectivity index (χ2n) is 3.84. The second-order valence-corrected chi connectivity index (χ2v) is 4.74. The third kappa shape index (κ3) is 3.48. The summed E-state index contributed by atoms with van der Waals surface area (Å²) in [6, 6.07) is 0. The van der Waals surface area contributed by atoms with Gasteiger partial charge in [-0.2, -0.15) is 0 Å². The van der Waals surface area contributed by atoms with Crippen LogP contribution in [0.25, 0.3) is 0 Å². The van der Waals surface area contributed by atoms with Crippen molar-refractivity contribution in [1.82, 2.24) is 0 Å². The number of ether oxygens (including phenoxy) is 2. The maximum Gasteiger partial charge on any atom is 0.322 e. The molecular formula is C12H19NO4S. The first-order chi connectivity index (χ1) is 8.65. The number of carbonyl (C=O) groups excluding carboxylic acids is 2. The minimum Gasteiger partial charge on any atom is -0.465 e. The molecule has 0 aromatic rings. The van der Waals surface area contributed by atoms with Gasteiger partial charge in [0.05, 0.1) is 13.2 Å². The molecule has 0 spiro atoms. The Hall–Kier alpha value is -1.04. The highest BCUT2D eigenvalue weighted by atomic mass is 32.2. The highest BCUT2D eigenvalue weighted by molar-refractivity contribution is 7.99. The number of rotatable bonds is 6. The predicted molar refractivity (Wildman–Crippen MR) is 70.5 cm³/mol. The normalized spacial score (nSPS) is 22.5. The van der Waals surface area contributed by atoms with E-state index in [1.54, 1.807) is 13.8 Å². The van der Waals surface area contributed by atoms with Crippen LogP contribution in [0.2, 0.25) is 0 Å². The molecule has 0 aromatic carbocycles.